The lowest BCUT2D eigenvalue weighted by Crippen LogP contribution is -2.47. The van der Waals surface area contributed by atoms with E-state index in [1.54, 1.807) is 24.3 Å². The summed E-state index contributed by atoms with van der Waals surface area (Å²) >= 11 is 0. The Balaban J connectivity index is 1.18. The Morgan fingerprint density at radius 3 is 2.43 bits per heavy atom. The van der Waals surface area contributed by atoms with Crippen LogP contribution in [0.3, 0.4) is 0 Å². The molecule has 0 radical (unpaired) electrons. The third kappa shape index (κ3) is 6.33. The second-order valence-corrected chi connectivity index (χ2v) is 12.5. The van der Waals surface area contributed by atoms with Crippen LogP contribution in [0.15, 0.2) is 78.5 Å². The number of nitrogens with zero attached hydrogens (tertiary/aromatic N) is 2. The molecule has 230 valence electrons. The van der Waals surface area contributed by atoms with Gasteiger partial charge in [0, 0.05) is 61.6 Å². The Bertz CT molecular complexity index is 1700. The van der Waals surface area contributed by atoms with Crippen molar-refractivity contribution in [1.82, 2.24) is 9.88 Å². The maximum absolute atomic E-state index is 13.2. The van der Waals surface area contributed by atoms with E-state index in [0.717, 1.165) is 74.1 Å². The molecule has 9 heteroatoms. The number of hydrogen-bond acceptors (Lipinski definition) is 4. The van der Waals surface area contributed by atoms with Gasteiger partial charge in [0.1, 0.15) is 17.1 Å². The Morgan fingerprint density at radius 1 is 0.977 bits per heavy atom. The topological polar surface area (TPSA) is 68.8 Å². The van der Waals surface area contributed by atoms with Crippen LogP contribution in [0.4, 0.5) is 18.9 Å². The molecular formula is C35H36F3N3O3. The van der Waals surface area contributed by atoms with Gasteiger partial charge in [0.15, 0.2) is 0 Å². The van der Waals surface area contributed by atoms with Crippen LogP contribution >= 0.6 is 0 Å². The molecule has 0 amide bonds. The maximum Gasteiger partial charge on any atom is 0.416 e. The van der Waals surface area contributed by atoms with Gasteiger partial charge in [0.2, 0.25) is 0 Å². The molecule has 2 N–H and O–H groups in total. The fourth-order valence-corrected chi connectivity index (χ4v) is 6.34. The summed E-state index contributed by atoms with van der Waals surface area (Å²) in [4.78, 5) is 19.8. The first-order valence-corrected chi connectivity index (χ1v) is 14.9. The summed E-state index contributed by atoms with van der Waals surface area (Å²) in [5.74, 6) is -0.173. The number of nitrogens with one attached hydrogen (secondary N) is 1. The molecule has 1 saturated heterocycles. The van der Waals surface area contributed by atoms with Crippen LogP contribution in [0.1, 0.15) is 54.6 Å². The molecule has 1 aliphatic heterocycles. The number of ether oxygens (including phenoxy) is 1. The van der Waals surface area contributed by atoms with Gasteiger partial charge in [-0.05, 0) is 78.3 Å². The molecule has 1 fully saturated rings. The number of rotatable bonds is 7. The quantitative estimate of drug-likeness (QED) is 0.222. The fourth-order valence-electron chi connectivity index (χ4n) is 6.34. The zero-order chi connectivity index (χ0) is 31.1. The van der Waals surface area contributed by atoms with E-state index in [1.165, 1.54) is 23.3 Å². The zero-order valence-corrected chi connectivity index (χ0v) is 24.9. The summed E-state index contributed by atoms with van der Waals surface area (Å²) in [6.45, 7) is 8.37. The van der Waals surface area contributed by atoms with Crippen molar-refractivity contribution in [1.29, 1.82) is 0 Å². The third-order valence-electron chi connectivity index (χ3n) is 8.87. The molecule has 0 spiro atoms. The number of hydrogen-bond donors (Lipinski definition) is 2. The van der Waals surface area contributed by atoms with Crippen LogP contribution < -0.4 is 9.64 Å². The first-order chi connectivity index (χ1) is 21.0. The summed E-state index contributed by atoms with van der Waals surface area (Å²) in [6, 6.07) is 18.4. The molecule has 6 rings (SSSR count). The van der Waals surface area contributed by atoms with E-state index in [0.29, 0.717) is 11.5 Å². The average Bonchev–Trinajstić information content (AvgIpc) is 3.48. The lowest BCUT2D eigenvalue weighted by molar-refractivity contribution is -0.137. The number of halogens is 3. The molecule has 0 unspecified atom stereocenters. The number of anilines is 1. The van der Waals surface area contributed by atoms with Crippen LogP contribution in [0.2, 0.25) is 0 Å². The number of piperazine rings is 1. The molecule has 0 saturated carbocycles. The van der Waals surface area contributed by atoms with E-state index in [-0.39, 0.29) is 11.0 Å². The first-order valence-electron chi connectivity index (χ1n) is 14.9. The Kier molecular flexibility index (Phi) is 7.92. The maximum atomic E-state index is 13.2. The van der Waals surface area contributed by atoms with E-state index in [4.69, 9.17) is 4.74 Å². The fraction of sp³-hybridized carbons (Fsp3) is 0.343. The minimum atomic E-state index is -4.35. The van der Waals surface area contributed by atoms with Crippen LogP contribution in [-0.4, -0.2) is 53.7 Å². The van der Waals surface area contributed by atoms with E-state index in [9.17, 15) is 23.1 Å². The molecule has 0 atom stereocenters. The predicted molar refractivity (Wildman–Crippen MR) is 166 cm³/mol. The first kappa shape index (κ1) is 29.8. The van der Waals surface area contributed by atoms with Gasteiger partial charge in [0.05, 0.1) is 5.56 Å². The van der Waals surface area contributed by atoms with Gasteiger partial charge in [-0.3, -0.25) is 4.90 Å². The number of benzene rings is 3. The molecule has 4 aromatic rings. The largest absolute Gasteiger partial charge is 0.478 e. The van der Waals surface area contributed by atoms with Gasteiger partial charge in [-0.1, -0.05) is 37.6 Å². The monoisotopic (exact) mass is 603 g/mol. The molecule has 44 heavy (non-hydrogen) atoms. The number of H-pyrrole nitrogens is 1. The summed E-state index contributed by atoms with van der Waals surface area (Å²) in [6.07, 6.45) is 0.278. The number of carboxylic acid groups (broad SMARTS) is 1. The lowest BCUT2D eigenvalue weighted by Gasteiger charge is -2.39. The molecule has 2 aliphatic rings. The highest BCUT2D eigenvalue weighted by Crippen LogP contribution is 2.44. The lowest BCUT2D eigenvalue weighted by atomic mass is 9.72. The Morgan fingerprint density at radius 2 is 1.73 bits per heavy atom. The number of aromatic amines is 1. The summed E-state index contributed by atoms with van der Waals surface area (Å²) < 4.78 is 45.7. The normalized spacial score (nSPS) is 17.7. The standard InChI is InChI=1S/C35H36F3N3O3/c1-34(2)14-12-24(29(21-34)23-6-8-25(9-7-23)35(36,37)38)22-40-16-18-41(19-17-40)26-10-11-28(33(42)43)32(20-26)44-31-5-3-4-30-27(31)13-15-39-30/h3-11,13,15,20,39H,12,14,16-19,21-22H2,1-2H3,(H,42,43). The highest BCUT2D eigenvalue weighted by Gasteiger charge is 2.32. The van der Waals surface area contributed by atoms with Crippen molar-refractivity contribution < 1.29 is 27.8 Å². The number of carbonyl (C=O) groups is 1. The molecule has 1 aliphatic carbocycles. The van der Waals surface area contributed by atoms with Crippen molar-refractivity contribution in [2.45, 2.75) is 39.3 Å². The highest BCUT2D eigenvalue weighted by atomic mass is 19.4. The summed E-state index contributed by atoms with van der Waals surface area (Å²) in [7, 11) is 0. The van der Waals surface area contributed by atoms with Gasteiger partial charge in [-0.15, -0.1) is 0 Å². The summed E-state index contributed by atoms with van der Waals surface area (Å²) in [5, 5.41) is 10.7. The van der Waals surface area contributed by atoms with E-state index >= 15 is 0 Å². The SMILES string of the molecule is CC1(C)CCC(CN2CCN(c3ccc(C(=O)O)c(Oc4cccc5[nH]ccc45)c3)CC2)=C(c2ccc(C(F)(F)F)cc2)C1. The van der Waals surface area contributed by atoms with Crippen molar-refractivity contribution in [3.05, 3.63) is 95.2 Å². The van der Waals surface area contributed by atoms with Crippen molar-refractivity contribution >= 4 is 28.1 Å². The van der Waals surface area contributed by atoms with Crippen molar-refractivity contribution in [2.75, 3.05) is 37.6 Å². The number of carboxylic acids is 1. The third-order valence-corrected chi connectivity index (χ3v) is 8.87. The minimum absolute atomic E-state index is 0.0920. The number of fused-ring (bicyclic) bond motifs is 1. The van der Waals surface area contributed by atoms with Gasteiger partial charge < -0.3 is 19.7 Å². The Hall–Kier alpha value is -4.24. The molecule has 6 nitrogen and oxygen atoms in total. The molecule has 1 aromatic heterocycles. The van der Waals surface area contributed by atoms with Crippen LogP contribution in [0.5, 0.6) is 11.5 Å². The minimum Gasteiger partial charge on any atom is -0.478 e. The summed E-state index contributed by atoms with van der Waals surface area (Å²) in [5.41, 5.74) is 4.72. The smallest absolute Gasteiger partial charge is 0.416 e. The van der Waals surface area contributed by atoms with E-state index in [2.05, 4.69) is 28.6 Å². The zero-order valence-electron chi connectivity index (χ0n) is 24.9. The Labute approximate surface area is 254 Å². The van der Waals surface area contributed by atoms with E-state index < -0.39 is 17.7 Å². The number of alkyl halides is 3. The predicted octanol–water partition coefficient (Wildman–Crippen LogP) is 8.46. The highest BCUT2D eigenvalue weighted by molar-refractivity contribution is 5.92. The number of aromatic carboxylic acids is 1. The molecule has 3 aromatic carbocycles. The number of aromatic nitrogens is 1. The average molecular weight is 604 g/mol. The van der Waals surface area contributed by atoms with Crippen molar-refractivity contribution in [3.8, 4) is 11.5 Å². The van der Waals surface area contributed by atoms with Crippen LogP contribution in [-0.2, 0) is 6.18 Å². The second kappa shape index (κ2) is 11.7. The van der Waals surface area contributed by atoms with Crippen LogP contribution in [0, 0.1) is 5.41 Å². The number of allylic oxidation sites excluding steroid dienone is 1. The molecule has 0 bridgehead atoms. The van der Waals surface area contributed by atoms with Gasteiger partial charge >= 0.3 is 12.1 Å². The molecule has 2 heterocycles. The molecular weight excluding hydrogens is 567 g/mol. The van der Waals surface area contributed by atoms with Gasteiger partial charge in [-0.2, -0.15) is 13.2 Å². The second-order valence-electron chi connectivity index (χ2n) is 12.5. The van der Waals surface area contributed by atoms with Gasteiger partial charge in [0.25, 0.3) is 0 Å². The van der Waals surface area contributed by atoms with E-state index in [1.807, 2.05) is 36.5 Å². The van der Waals surface area contributed by atoms with Gasteiger partial charge in [-0.25, -0.2) is 4.79 Å². The van der Waals surface area contributed by atoms with Crippen LogP contribution in [0.25, 0.3) is 16.5 Å². The van der Waals surface area contributed by atoms with Crippen molar-refractivity contribution in [3.63, 3.8) is 0 Å². The van der Waals surface area contributed by atoms with Crippen molar-refractivity contribution in [2.24, 2.45) is 5.41 Å².